The molecule has 2 aromatic carbocycles. The molecule has 5 nitrogen and oxygen atoms in total. The smallest absolute Gasteiger partial charge is 0.255 e. The van der Waals surface area contributed by atoms with E-state index < -0.39 is 0 Å². The second-order valence-corrected chi connectivity index (χ2v) is 4.86. The molecule has 21 heavy (non-hydrogen) atoms. The van der Waals surface area contributed by atoms with Gasteiger partial charge in [-0.15, -0.1) is 0 Å². The zero-order valence-electron chi connectivity index (χ0n) is 11.3. The van der Waals surface area contributed by atoms with E-state index in [9.17, 15) is 9.59 Å². The number of nitrogens with two attached hydrogens (primary N) is 1. The van der Waals surface area contributed by atoms with E-state index in [-0.39, 0.29) is 11.8 Å². The van der Waals surface area contributed by atoms with Gasteiger partial charge in [-0.3, -0.25) is 9.59 Å². The number of rotatable bonds is 3. The highest BCUT2D eigenvalue weighted by atomic mass is 35.5. The number of anilines is 3. The summed E-state index contributed by atoms with van der Waals surface area (Å²) in [6.45, 7) is 1.40. The van der Waals surface area contributed by atoms with Crippen molar-refractivity contribution in [2.75, 3.05) is 16.4 Å². The molecule has 0 radical (unpaired) electrons. The van der Waals surface area contributed by atoms with Crippen molar-refractivity contribution in [1.82, 2.24) is 0 Å². The molecule has 2 rings (SSSR count). The third-order valence-corrected chi connectivity index (χ3v) is 3.00. The number of amides is 2. The van der Waals surface area contributed by atoms with Gasteiger partial charge in [0.25, 0.3) is 5.91 Å². The summed E-state index contributed by atoms with van der Waals surface area (Å²) >= 11 is 6.01. The first kappa shape index (κ1) is 14.9. The van der Waals surface area contributed by atoms with E-state index >= 15 is 0 Å². The first-order chi connectivity index (χ1) is 9.95. The van der Waals surface area contributed by atoms with Gasteiger partial charge in [-0.05, 0) is 36.4 Å². The lowest BCUT2D eigenvalue weighted by Crippen LogP contribution is -2.13. The highest BCUT2D eigenvalue weighted by Crippen LogP contribution is 2.24. The molecule has 6 heteroatoms. The van der Waals surface area contributed by atoms with Crippen molar-refractivity contribution >= 4 is 40.5 Å². The molecule has 0 fully saturated rings. The lowest BCUT2D eigenvalue weighted by Gasteiger charge is -2.09. The molecule has 0 spiro atoms. The van der Waals surface area contributed by atoms with Crippen molar-refractivity contribution in [1.29, 1.82) is 0 Å². The molecule has 4 N–H and O–H groups in total. The van der Waals surface area contributed by atoms with Crippen molar-refractivity contribution in [2.24, 2.45) is 0 Å². The molecule has 0 aromatic heterocycles. The number of halogens is 1. The van der Waals surface area contributed by atoms with Crippen molar-refractivity contribution in [3.05, 3.63) is 53.1 Å². The summed E-state index contributed by atoms with van der Waals surface area (Å²) in [5.74, 6) is -0.525. The van der Waals surface area contributed by atoms with Crippen LogP contribution in [0.15, 0.2) is 42.5 Å². The number of hydrogen-bond acceptors (Lipinski definition) is 3. The van der Waals surface area contributed by atoms with Crippen LogP contribution in [0.5, 0.6) is 0 Å². The Morgan fingerprint density at radius 3 is 2.52 bits per heavy atom. The van der Waals surface area contributed by atoms with Gasteiger partial charge in [-0.1, -0.05) is 17.7 Å². The van der Waals surface area contributed by atoms with Crippen LogP contribution in [0.1, 0.15) is 17.3 Å². The number of carbonyl (C=O) groups excluding carboxylic acids is 2. The van der Waals surface area contributed by atoms with E-state index in [0.717, 1.165) is 0 Å². The first-order valence-electron chi connectivity index (χ1n) is 6.20. The summed E-state index contributed by atoms with van der Waals surface area (Å²) in [6, 6.07) is 11.5. The van der Waals surface area contributed by atoms with E-state index in [4.69, 9.17) is 17.3 Å². The SMILES string of the molecule is CC(=O)Nc1cccc(C(=O)Nc2ccc(N)cc2Cl)c1. The van der Waals surface area contributed by atoms with Crippen LogP contribution in [0.25, 0.3) is 0 Å². The third-order valence-electron chi connectivity index (χ3n) is 2.69. The molecule has 108 valence electrons. The van der Waals surface area contributed by atoms with E-state index in [2.05, 4.69) is 10.6 Å². The number of hydrogen-bond donors (Lipinski definition) is 3. The summed E-state index contributed by atoms with van der Waals surface area (Å²) in [5.41, 5.74) is 7.56. The highest BCUT2D eigenvalue weighted by Gasteiger charge is 2.09. The number of nitrogens with one attached hydrogen (secondary N) is 2. The molecule has 0 saturated heterocycles. The summed E-state index contributed by atoms with van der Waals surface area (Å²) in [6.07, 6.45) is 0. The van der Waals surface area contributed by atoms with E-state index in [1.165, 1.54) is 6.92 Å². The first-order valence-corrected chi connectivity index (χ1v) is 6.57. The molecular formula is C15H14ClN3O2. The van der Waals surface area contributed by atoms with E-state index in [1.807, 2.05) is 0 Å². The number of nitrogen functional groups attached to an aromatic ring is 1. The number of carbonyl (C=O) groups is 2. The Morgan fingerprint density at radius 2 is 1.86 bits per heavy atom. The zero-order chi connectivity index (χ0) is 15.4. The Balaban J connectivity index is 2.18. The predicted octanol–water partition coefficient (Wildman–Crippen LogP) is 3.13. The molecule has 0 heterocycles. The lowest BCUT2D eigenvalue weighted by atomic mass is 10.1. The standard InChI is InChI=1S/C15H14ClN3O2/c1-9(20)18-12-4-2-3-10(7-12)15(21)19-14-6-5-11(17)8-13(14)16/h2-8H,17H2,1H3,(H,18,20)(H,19,21). The Morgan fingerprint density at radius 1 is 1.10 bits per heavy atom. The fourth-order valence-corrected chi connectivity index (χ4v) is 2.00. The van der Waals surface area contributed by atoms with Crippen molar-refractivity contribution in [2.45, 2.75) is 6.92 Å². The fraction of sp³-hybridized carbons (Fsp3) is 0.0667. The summed E-state index contributed by atoms with van der Waals surface area (Å²) in [5, 5.41) is 5.68. The van der Waals surface area contributed by atoms with Crippen LogP contribution in [-0.4, -0.2) is 11.8 Å². The summed E-state index contributed by atoms with van der Waals surface area (Å²) in [7, 11) is 0. The van der Waals surface area contributed by atoms with Crippen LogP contribution >= 0.6 is 11.6 Å². The Kier molecular flexibility index (Phi) is 4.45. The number of benzene rings is 2. The molecule has 0 unspecified atom stereocenters. The second kappa shape index (κ2) is 6.28. The third kappa shape index (κ3) is 3.97. The maximum Gasteiger partial charge on any atom is 0.255 e. The maximum atomic E-state index is 12.2. The monoisotopic (exact) mass is 303 g/mol. The largest absolute Gasteiger partial charge is 0.399 e. The van der Waals surface area contributed by atoms with Crippen molar-refractivity contribution in [3.8, 4) is 0 Å². The van der Waals surface area contributed by atoms with Gasteiger partial charge < -0.3 is 16.4 Å². The topological polar surface area (TPSA) is 84.2 Å². The lowest BCUT2D eigenvalue weighted by molar-refractivity contribution is -0.114. The molecule has 0 bridgehead atoms. The van der Waals surface area contributed by atoms with Crippen LogP contribution in [0, 0.1) is 0 Å². The van der Waals surface area contributed by atoms with Gasteiger partial charge in [0.2, 0.25) is 5.91 Å². The van der Waals surface area contributed by atoms with Crippen LogP contribution < -0.4 is 16.4 Å². The van der Waals surface area contributed by atoms with E-state index in [0.29, 0.717) is 27.6 Å². The molecule has 0 aliphatic heterocycles. The summed E-state index contributed by atoms with van der Waals surface area (Å²) < 4.78 is 0. The quantitative estimate of drug-likeness (QED) is 0.762. The van der Waals surface area contributed by atoms with Gasteiger partial charge in [0, 0.05) is 23.9 Å². The molecular weight excluding hydrogens is 290 g/mol. The minimum absolute atomic E-state index is 0.200. The second-order valence-electron chi connectivity index (χ2n) is 4.46. The van der Waals surface area contributed by atoms with Gasteiger partial charge in [0.1, 0.15) is 0 Å². The molecule has 0 saturated carbocycles. The van der Waals surface area contributed by atoms with Crippen molar-refractivity contribution in [3.63, 3.8) is 0 Å². The maximum absolute atomic E-state index is 12.2. The average molecular weight is 304 g/mol. The van der Waals surface area contributed by atoms with Crippen LogP contribution in [0.2, 0.25) is 5.02 Å². The predicted molar refractivity (Wildman–Crippen MR) is 84.6 cm³/mol. The van der Waals surface area contributed by atoms with Crippen molar-refractivity contribution < 1.29 is 9.59 Å². The molecule has 0 aliphatic rings. The Bertz CT molecular complexity index is 701. The Labute approximate surface area is 127 Å². The molecule has 2 amide bonds. The van der Waals surface area contributed by atoms with Gasteiger partial charge >= 0.3 is 0 Å². The molecule has 2 aromatic rings. The van der Waals surface area contributed by atoms with Gasteiger partial charge in [0.05, 0.1) is 10.7 Å². The minimum atomic E-state index is -0.325. The van der Waals surface area contributed by atoms with Gasteiger partial charge in [0.15, 0.2) is 0 Å². The van der Waals surface area contributed by atoms with E-state index in [1.54, 1.807) is 42.5 Å². The zero-order valence-corrected chi connectivity index (χ0v) is 12.1. The average Bonchev–Trinajstić information content (AvgIpc) is 2.41. The normalized spacial score (nSPS) is 10.0. The molecule has 0 aliphatic carbocycles. The van der Waals surface area contributed by atoms with Crippen LogP contribution in [0.3, 0.4) is 0 Å². The fourth-order valence-electron chi connectivity index (χ4n) is 1.77. The Hall–Kier alpha value is -2.53. The van der Waals surface area contributed by atoms with Crippen LogP contribution in [-0.2, 0) is 4.79 Å². The highest BCUT2D eigenvalue weighted by molar-refractivity contribution is 6.34. The summed E-state index contributed by atoms with van der Waals surface area (Å²) in [4.78, 5) is 23.2. The van der Waals surface area contributed by atoms with Crippen LogP contribution in [0.4, 0.5) is 17.1 Å². The minimum Gasteiger partial charge on any atom is -0.399 e. The van der Waals surface area contributed by atoms with Gasteiger partial charge in [-0.2, -0.15) is 0 Å². The molecule has 0 atom stereocenters. The van der Waals surface area contributed by atoms with Gasteiger partial charge in [-0.25, -0.2) is 0 Å².